The summed E-state index contributed by atoms with van der Waals surface area (Å²) >= 11 is 0. The molecule has 100 valence electrons. The molecule has 3 heteroatoms. The van der Waals surface area contributed by atoms with Crippen molar-refractivity contribution >= 4 is 0 Å². The fraction of sp³-hybridized carbons (Fsp3) is 0.667. The first-order valence-corrected chi connectivity index (χ1v) is 7.08. The van der Waals surface area contributed by atoms with Crippen molar-refractivity contribution in [3.05, 3.63) is 29.6 Å². The average molecular weight is 247 g/mol. The van der Waals surface area contributed by atoms with Gasteiger partial charge in [-0.05, 0) is 63.5 Å². The third-order valence-electron chi connectivity index (χ3n) is 4.04. The average Bonchev–Trinajstić information content (AvgIpc) is 2.38. The molecule has 0 aliphatic carbocycles. The fourth-order valence-electron chi connectivity index (χ4n) is 2.68. The van der Waals surface area contributed by atoms with Crippen LogP contribution in [0.1, 0.15) is 36.8 Å². The Hall–Kier alpha value is -0.930. The van der Waals surface area contributed by atoms with Crippen molar-refractivity contribution in [2.75, 3.05) is 20.1 Å². The molecule has 1 saturated heterocycles. The molecular weight excluding hydrogens is 222 g/mol. The van der Waals surface area contributed by atoms with Crippen LogP contribution < -0.4 is 5.32 Å². The Labute approximate surface area is 111 Å². The van der Waals surface area contributed by atoms with Crippen LogP contribution in [0.5, 0.6) is 0 Å². The zero-order valence-electron chi connectivity index (χ0n) is 11.7. The number of hydrogen-bond acceptors (Lipinski definition) is 3. The predicted octanol–water partition coefficient (Wildman–Crippen LogP) is 2.35. The van der Waals surface area contributed by atoms with Crippen LogP contribution in [-0.4, -0.2) is 36.1 Å². The second-order valence-corrected chi connectivity index (χ2v) is 5.40. The summed E-state index contributed by atoms with van der Waals surface area (Å²) in [7, 11) is 2.26. The first-order chi connectivity index (χ1) is 8.77. The summed E-state index contributed by atoms with van der Waals surface area (Å²) in [6.45, 7) is 5.46. The van der Waals surface area contributed by atoms with Gasteiger partial charge in [0.1, 0.15) is 0 Å². The summed E-state index contributed by atoms with van der Waals surface area (Å²) in [6, 6.07) is 2.85. The minimum atomic E-state index is 0.779. The van der Waals surface area contributed by atoms with Gasteiger partial charge in [0, 0.05) is 25.0 Å². The number of rotatable bonds is 5. The van der Waals surface area contributed by atoms with E-state index in [-0.39, 0.29) is 0 Å². The molecule has 18 heavy (non-hydrogen) atoms. The SMILES string of the molecule is Cc1ccncc1CNCCC1CCCCN1C. The van der Waals surface area contributed by atoms with Crippen molar-refractivity contribution in [3.8, 4) is 0 Å². The van der Waals surface area contributed by atoms with Crippen LogP contribution in [0.4, 0.5) is 0 Å². The molecule has 1 aromatic heterocycles. The van der Waals surface area contributed by atoms with E-state index in [0.717, 1.165) is 19.1 Å². The minimum absolute atomic E-state index is 0.779. The molecule has 1 atom stereocenters. The molecule has 1 N–H and O–H groups in total. The molecule has 0 amide bonds. The molecule has 2 rings (SSSR count). The van der Waals surface area contributed by atoms with Gasteiger partial charge in [-0.15, -0.1) is 0 Å². The van der Waals surface area contributed by atoms with E-state index in [2.05, 4.69) is 35.2 Å². The molecule has 0 bridgehead atoms. The van der Waals surface area contributed by atoms with E-state index in [1.54, 1.807) is 0 Å². The Morgan fingerprint density at radius 2 is 2.33 bits per heavy atom. The van der Waals surface area contributed by atoms with Crippen LogP contribution in [0.25, 0.3) is 0 Å². The van der Waals surface area contributed by atoms with Gasteiger partial charge in [0.05, 0.1) is 0 Å². The maximum atomic E-state index is 4.18. The molecule has 1 aromatic rings. The van der Waals surface area contributed by atoms with Crippen molar-refractivity contribution in [3.63, 3.8) is 0 Å². The van der Waals surface area contributed by atoms with Gasteiger partial charge < -0.3 is 10.2 Å². The lowest BCUT2D eigenvalue weighted by Gasteiger charge is -2.32. The number of aryl methyl sites for hydroxylation is 1. The second-order valence-electron chi connectivity index (χ2n) is 5.40. The lowest BCUT2D eigenvalue weighted by Crippen LogP contribution is -2.38. The Morgan fingerprint density at radius 1 is 1.44 bits per heavy atom. The van der Waals surface area contributed by atoms with Gasteiger partial charge in [0.25, 0.3) is 0 Å². The van der Waals surface area contributed by atoms with Gasteiger partial charge in [-0.2, -0.15) is 0 Å². The maximum absolute atomic E-state index is 4.18. The van der Waals surface area contributed by atoms with E-state index in [1.165, 1.54) is 43.4 Å². The molecule has 1 fully saturated rings. The van der Waals surface area contributed by atoms with Crippen LogP contribution in [0.2, 0.25) is 0 Å². The van der Waals surface area contributed by atoms with Gasteiger partial charge in [-0.1, -0.05) is 6.42 Å². The third-order valence-corrected chi connectivity index (χ3v) is 4.04. The van der Waals surface area contributed by atoms with Gasteiger partial charge in [0.2, 0.25) is 0 Å². The largest absolute Gasteiger partial charge is 0.313 e. The molecule has 0 saturated carbocycles. The van der Waals surface area contributed by atoms with Crippen LogP contribution in [0.15, 0.2) is 18.5 Å². The summed E-state index contributed by atoms with van der Waals surface area (Å²) in [5, 5.41) is 3.54. The van der Waals surface area contributed by atoms with Crippen molar-refractivity contribution in [2.24, 2.45) is 0 Å². The molecule has 1 unspecified atom stereocenters. The number of pyridine rings is 1. The summed E-state index contributed by atoms with van der Waals surface area (Å²) in [6.07, 6.45) is 9.22. The Morgan fingerprint density at radius 3 is 3.11 bits per heavy atom. The Bertz CT molecular complexity index is 365. The highest BCUT2D eigenvalue weighted by atomic mass is 15.1. The molecule has 1 aliphatic rings. The number of nitrogens with one attached hydrogen (secondary N) is 1. The summed E-state index contributed by atoms with van der Waals surface area (Å²) in [4.78, 5) is 6.69. The lowest BCUT2D eigenvalue weighted by molar-refractivity contribution is 0.175. The van der Waals surface area contributed by atoms with E-state index in [4.69, 9.17) is 0 Å². The number of piperidine rings is 1. The van der Waals surface area contributed by atoms with Crippen LogP contribution in [0, 0.1) is 6.92 Å². The molecule has 0 radical (unpaired) electrons. The van der Waals surface area contributed by atoms with Gasteiger partial charge in [-0.3, -0.25) is 4.98 Å². The third kappa shape index (κ3) is 3.79. The topological polar surface area (TPSA) is 28.2 Å². The van der Waals surface area contributed by atoms with Crippen LogP contribution in [0.3, 0.4) is 0 Å². The van der Waals surface area contributed by atoms with Crippen molar-refractivity contribution < 1.29 is 0 Å². The first kappa shape index (κ1) is 13.5. The molecular formula is C15H25N3. The quantitative estimate of drug-likeness (QED) is 0.810. The van der Waals surface area contributed by atoms with Gasteiger partial charge in [-0.25, -0.2) is 0 Å². The van der Waals surface area contributed by atoms with E-state index >= 15 is 0 Å². The molecule has 0 aromatic carbocycles. The summed E-state index contributed by atoms with van der Waals surface area (Å²) in [5.74, 6) is 0. The predicted molar refractivity (Wildman–Crippen MR) is 75.6 cm³/mol. The fourth-order valence-corrected chi connectivity index (χ4v) is 2.68. The van der Waals surface area contributed by atoms with Crippen LogP contribution >= 0.6 is 0 Å². The van der Waals surface area contributed by atoms with Crippen molar-refractivity contribution in [1.82, 2.24) is 15.2 Å². The van der Waals surface area contributed by atoms with Crippen LogP contribution in [-0.2, 0) is 6.54 Å². The zero-order valence-corrected chi connectivity index (χ0v) is 11.7. The zero-order chi connectivity index (χ0) is 12.8. The molecule has 0 spiro atoms. The second kappa shape index (κ2) is 6.86. The Balaban J connectivity index is 1.68. The number of nitrogens with zero attached hydrogens (tertiary/aromatic N) is 2. The smallest absolute Gasteiger partial charge is 0.0315 e. The van der Waals surface area contributed by atoms with E-state index in [1.807, 2.05) is 12.4 Å². The maximum Gasteiger partial charge on any atom is 0.0315 e. The highest BCUT2D eigenvalue weighted by molar-refractivity contribution is 5.20. The monoisotopic (exact) mass is 247 g/mol. The first-order valence-electron chi connectivity index (χ1n) is 7.08. The van der Waals surface area contributed by atoms with Crippen molar-refractivity contribution in [1.29, 1.82) is 0 Å². The summed E-state index contributed by atoms with van der Waals surface area (Å²) in [5.41, 5.74) is 2.64. The number of hydrogen-bond donors (Lipinski definition) is 1. The summed E-state index contributed by atoms with van der Waals surface area (Å²) < 4.78 is 0. The standard InChI is InChI=1S/C15H25N3/c1-13-6-8-16-11-14(13)12-17-9-7-15-5-3-4-10-18(15)2/h6,8,11,15,17H,3-5,7,9-10,12H2,1-2H3. The van der Waals surface area contributed by atoms with Crippen molar-refractivity contribution in [2.45, 2.75) is 45.2 Å². The van der Waals surface area contributed by atoms with Gasteiger partial charge >= 0.3 is 0 Å². The highest BCUT2D eigenvalue weighted by Gasteiger charge is 2.17. The van der Waals surface area contributed by atoms with E-state index < -0.39 is 0 Å². The normalized spacial score (nSPS) is 21.1. The van der Waals surface area contributed by atoms with E-state index in [0.29, 0.717) is 0 Å². The molecule has 2 heterocycles. The Kier molecular flexibility index (Phi) is 5.14. The minimum Gasteiger partial charge on any atom is -0.313 e. The lowest BCUT2D eigenvalue weighted by atomic mass is 10.0. The number of likely N-dealkylation sites (tertiary alicyclic amines) is 1. The number of aromatic nitrogens is 1. The van der Waals surface area contributed by atoms with Gasteiger partial charge in [0.15, 0.2) is 0 Å². The molecule has 3 nitrogen and oxygen atoms in total. The molecule has 1 aliphatic heterocycles. The van der Waals surface area contributed by atoms with E-state index in [9.17, 15) is 0 Å². The highest BCUT2D eigenvalue weighted by Crippen LogP contribution is 2.17.